The Morgan fingerprint density at radius 1 is 1.40 bits per heavy atom. The summed E-state index contributed by atoms with van der Waals surface area (Å²) in [7, 11) is 0. The van der Waals surface area contributed by atoms with Crippen LogP contribution in [-0.4, -0.2) is 17.8 Å². The van der Waals surface area contributed by atoms with Gasteiger partial charge in [0.15, 0.2) is 0 Å². The van der Waals surface area contributed by atoms with Crippen molar-refractivity contribution in [3.63, 3.8) is 0 Å². The molecule has 0 aromatic heterocycles. The molecule has 0 saturated carbocycles. The third-order valence-electron chi connectivity index (χ3n) is 1.51. The molecule has 0 radical (unpaired) electrons. The van der Waals surface area contributed by atoms with Gasteiger partial charge in [-0.15, -0.1) is 0 Å². The number of nitrogens with zero attached hydrogens (tertiary/aromatic N) is 1. The van der Waals surface area contributed by atoms with Crippen LogP contribution in [0.15, 0.2) is 29.3 Å². The number of hydrogen-bond acceptors (Lipinski definition) is 3. The van der Waals surface area contributed by atoms with Crippen LogP contribution in [0.25, 0.3) is 0 Å². The number of unbranched alkanes of at least 4 members (excludes halogenated alkanes) is 1. The Balaban J connectivity index is 0.000000336. The van der Waals surface area contributed by atoms with Gasteiger partial charge in [-0.3, -0.25) is 0 Å². The van der Waals surface area contributed by atoms with Gasteiger partial charge in [-0.1, -0.05) is 13.3 Å². The van der Waals surface area contributed by atoms with Gasteiger partial charge < -0.3 is 5.11 Å². The number of isocyanates is 1. The zero-order valence-corrected chi connectivity index (χ0v) is 8.61. The van der Waals surface area contributed by atoms with E-state index >= 15 is 0 Å². The number of aliphatic imine (C=N–C) groups is 1. The number of carbonyl (C=O) groups excluding carboxylic acids is 1. The minimum absolute atomic E-state index is 0.343. The normalized spacial score (nSPS) is 8.47. The monoisotopic (exact) mass is 211 g/mol. The number of benzene rings is 1. The van der Waals surface area contributed by atoms with Crippen LogP contribution < -0.4 is 0 Å². The van der Waals surface area contributed by atoms with Gasteiger partial charge in [0, 0.05) is 6.61 Å². The van der Waals surface area contributed by atoms with E-state index in [-0.39, 0.29) is 5.82 Å². The van der Waals surface area contributed by atoms with Gasteiger partial charge in [0.05, 0.1) is 5.69 Å². The first-order valence-corrected chi connectivity index (χ1v) is 4.69. The molecule has 0 unspecified atom stereocenters. The molecule has 0 fully saturated rings. The van der Waals surface area contributed by atoms with Crippen molar-refractivity contribution in [3.05, 3.63) is 30.1 Å². The molecular formula is C11H14FNO2. The van der Waals surface area contributed by atoms with E-state index < -0.39 is 0 Å². The molecule has 0 atom stereocenters. The Morgan fingerprint density at radius 3 is 2.33 bits per heavy atom. The molecule has 0 saturated heterocycles. The van der Waals surface area contributed by atoms with E-state index in [9.17, 15) is 9.18 Å². The van der Waals surface area contributed by atoms with Crippen LogP contribution in [-0.2, 0) is 4.79 Å². The first kappa shape index (κ1) is 13.5. The van der Waals surface area contributed by atoms with Crippen LogP contribution in [0.3, 0.4) is 0 Å². The molecule has 0 aliphatic rings. The maximum atomic E-state index is 12.2. The van der Waals surface area contributed by atoms with Gasteiger partial charge in [-0.05, 0) is 30.7 Å². The number of aliphatic hydroxyl groups excluding tert-OH is 1. The summed E-state index contributed by atoms with van der Waals surface area (Å²) in [6.07, 6.45) is 3.39. The highest BCUT2D eigenvalue weighted by Gasteiger charge is 1.88. The lowest BCUT2D eigenvalue weighted by molar-refractivity contribution is 0.287. The van der Waals surface area contributed by atoms with E-state index in [0.29, 0.717) is 12.3 Å². The van der Waals surface area contributed by atoms with Crippen molar-refractivity contribution < 1.29 is 14.3 Å². The maximum absolute atomic E-state index is 12.2. The molecule has 82 valence electrons. The van der Waals surface area contributed by atoms with Crippen molar-refractivity contribution in [2.45, 2.75) is 19.8 Å². The number of halogens is 1. The summed E-state index contributed by atoms with van der Waals surface area (Å²) in [6.45, 7) is 2.40. The van der Waals surface area contributed by atoms with Crippen LogP contribution in [0.1, 0.15) is 19.8 Å². The number of hydrogen-bond donors (Lipinski definition) is 1. The molecule has 0 aliphatic carbocycles. The van der Waals surface area contributed by atoms with Crippen molar-refractivity contribution >= 4 is 11.8 Å². The second kappa shape index (κ2) is 9.06. The molecule has 4 heteroatoms. The van der Waals surface area contributed by atoms with Gasteiger partial charge in [-0.2, -0.15) is 4.99 Å². The molecule has 15 heavy (non-hydrogen) atoms. The van der Waals surface area contributed by atoms with Crippen LogP contribution >= 0.6 is 0 Å². The summed E-state index contributed by atoms with van der Waals surface area (Å²) in [6, 6.07) is 5.27. The molecule has 0 heterocycles. The molecular weight excluding hydrogens is 197 g/mol. The van der Waals surface area contributed by atoms with Crippen molar-refractivity contribution in [3.8, 4) is 0 Å². The average molecular weight is 211 g/mol. The zero-order valence-electron chi connectivity index (χ0n) is 8.61. The molecule has 3 nitrogen and oxygen atoms in total. The second-order valence-electron chi connectivity index (χ2n) is 2.76. The fraction of sp³-hybridized carbons (Fsp3) is 0.364. The van der Waals surface area contributed by atoms with E-state index in [1.165, 1.54) is 30.3 Å². The first-order chi connectivity index (χ1) is 7.24. The highest BCUT2D eigenvalue weighted by molar-refractivity contribution is 5.48. The standard InChI is InChI=1S/C7H4FNO.C4H10O/c8-6-1-3-7(4-2-6)9-5-10;1-2-3-4-5/h1-4H;5H,2-4H2,1H3. The lowest BCUT2D eigenvalue weighted by atomic mass is 10.3. The highest BCUT2D eigenvalue weighted by Crippen LogP contribution is 2.10. The molecule has 0 aliphatic heterocycles. The van der Waals surface area contributed by atoms with E-state index in [0.717, 1.165) is 12.8 Å². The van der Waals surface area contributed by atoms with E-state index in [1.54, 1.807) is 0 Å². The molecule has 0 spiro atoms. The Labute approximate surface area is 88.3 Å². The Hall–Kier alpha value is -1.51. The fourth-order valence-electron chi connectivity index (χ4n) is 0.726. The predicted molar refractivity (Wildman–Crippen MR) is 56.2 cm³/mol. The lowest BCUT2D eigenvalue weighted by Crippen LogP contribution is -1.75. The SMILES string of the molecule is CCCCO.O=C=Nc1ccc(F)cc1. The van der Waals surface area contributed by atoms with E-state index in [4.69, 9.17) is 5.11 Å². The molecule has 0 bridgehead atoms. The zero-order chi connectivity index (χ0) is 11.5. The highest BCUT2D eigenvalue weighted by atomic mass is 19.1. The van der Waals surface area contributed by atoms with Crippen LogP contribution in [0.2, 0.25) is 0 Å². The van der Waals surface area contributed by atoms with Gasteiger partial charge in [0.1, 0.15) is 5.82 Å². The topological polar surface area (TPSA) is 49.7 Å². The predicted octanol–water partition coefficient (Wildman–Crippen LogP) is 2.57. The molecule has 1 aromatic carbocycles. The van der Waals surface area contributed by atoms with Crippen molar-refractivity contribution in [1.82, 2.24) is 0 Å². The van der Waals surface area contributed by atoms with Crippen molar-refractivity contribution in [2.24, 2.45) is 4.99 Å². The summed E-state index contributed by atoms with van der Waals surface area (Å²) in [4.78, 5) is 12.9. The Morgan fingerprint density at radius 2 is 2.00 bits per heavy atom. The van der Waals surface area contributed by atoms with Gasteiger partial charge in [0.2, 0.25) is 6.08 Å². The smallest absolute Gasteiger partial charge is 0.240 e. The summed E-state index contributed by atoms with van der Waals surface area (Å²) >= 11 is 0. The Bertz CT molecular complexity index is 303. The molecule has 1 N–H and O–H groups in total. The quantitative estimate of drug-likeness (QED) is 0.617. The lowest BCUT2D eigenvalue weighted by Gasteiger charge is -1.87. The first-order valence-electron chi connectivity index (χ1n) is 4.69. The summed E-state index contributed by atoms with van der Waals surface area (Å²) in [5.41, 5.74) is 0.413. The maximum Gasteiger partial charge on any atom is 0.240 e. The minimum Gasteiger partial charge on any atom is -0.396 e. The van der Waals surface area contributed by atoms with Crippen molar-refractivity contribution in [2.75, 3.05) is 6.61 Å². The van der Waals surface area contributed by atoms with Crippen LogP contribution in [0, 0.1) is 5.82 Å². The Kier molecular flexibility index (Phi) is 8.15. The molecule has 1 aromatic rings. The summed E-state index contributed by atoms with van der Waals surface area (Å²) in [5, 5.41) is 8.07. The minimum atomic E-state index is -0.343. The van der Waals surface area contributed by atoms with E-state index in [2.05, 4.69) is 11.9 Å². The van der Waals surface area contributed by atoms with Crippen LogP contribution in [0.4, 0.5) is 10.1 Å². The molecule has 1 rings (SSSR count). The second-order valence-corrected chi connectivity index (χ2v) is 2.76. The molecule has 0 amide bonds. The van der Waals surface area contributed by atoms with Gasteiger partial charge >= 0.3 is 0 Å². The van der Waals surface area contributed by atoms with Gasteiger partial charge in [0.25, 0.3) is 0 Å². The van der Waals surface area contributed by atoms with Gasteiger partial charge in [-0.25, -0.2) is 9.18 Å². The summed E-state index contributed by atoms with van der Waals surface area (Å²) in [5.74, 6) is -0.343. The third kappa shape index (κ3) is 7.55. The number of rotatable bonds is 3. The summed E-state index contributed by atoms with van der Waals surface area (Å²) < 4.78 is 12.2. The number of aliphatic hydroxyl groups is 1. The van der Waals surface area contributed by atoms with E-state index in [1.807, 2.05) is 0 Å². The third-order valence-corrected chi connectivity index (χ3v) is 1.51. The van der Waals surface area contributed by atoms with Crippen LogP contribution in [0.5, 0.6) is 0 Å². The average Bonchev–Trinajstić information content (AvgIpc) is 2.24. The largest absolute Gasteiger partial charge is 0.396 e. The fourth-order valence-corrected chi connectivity index (χ4v) is 0.726. The van der Waals surface area contributed by atoms with Crippen molar-refractivity contribution in [1.29, 1.82) is 0 Å².